The lowest BCUT2D eigenvalue weighted by Crippen LogP contribution is -2.52. The van der Waals surface area contributed by atoms with Gasteiger partial charge >= 0.3 is 0 Å². The van der Waals surface area contributed by atoms with Gasteiger partial charge in [0.15, 0.2) is 0 Å². The van der Waals surface area contributed by atoms with Gasteiger partial charge < -0.3 is 20.4 Å². The molecule has 0 aliphatic heterocycles. The van der Waals surface area contributed by atoms with E-state index < -0.39 is 22.4 Å². The Morgan fingerprint density at radius 3 is 1.07 bits per heavy atom. The first-order chi connectivity index (χ1) is 20.9. The lowest BCUT2D eigenvalue weighted by atomic mass is 9.51. The van der Waals surface area contributed by atoms with E-state index >= 15 is 0 Å². The van der Waals surface area contributed by atoms with Crippen LogP contribution in [0.25, 0.3) is 0 Å². The first kappa shape index (κ1) is 32.1. The van der Waals surface area contributed by atoms with E-state index in [9.17, 15) is 20.4 Å². The molecule has 0 heterocycles. The van der Waals surface area contributed by atoms with Crippen molar-refractivity contribution in [1.82, 2.24) is 0 Å². The van der Waals surface area contributed by atoms with Gasteiger partial charge in [0.1, 0.15) is 0 Å². The second-order valence-corrected chi connectivity index (χ2v) is 18.0. The van der Waals surface area contributed by atoms with Crippen molar-refractivity contribution in [1.29, 1.82) is 0 Å². The number of rotatable bonds is 0. The molecular weight excluding hydrogens is 568 g/mol. The zero-order valence-electron chi connectivity index (χ0n) is 30.2. The molecule has 3 aromatic rings. The van der Waals surface area contributed by atoms with E-state index in [0.717, 1.165) is 47.9 Å². The fourth-order valence-corrected chi connectivity index (χ4v) is 10.8. The highest BCUT2D eigenvalue weighted by Crippen LogP contribution is 2.60. The molecule has 3 aromatic carbocycles. The summed E-state index contributed by atoms with van der Waals surface area (Å²) in [7, 11) is 0. The van der Waals surface area contributed by atoms with Crippen LogP contribution in [0, 0.1) is 27.7 Å². The van der Waals surface area contributed by atoms with E-state index in [1.165, 1.54) is 62.1 Å². The topological polar surface area (TPSA) is 80.9 Å². The third kappa shape index (κ3) is 4.12. The van der Waals surface area contributed by atoms with Crippen LogP contribution >= 0.6 is 0 Å². The van der Waals surface area contributed by atoms with Gasteiger partial charge in [-0.15, -0.1) is 0 Å². The number of aliphatic hydroxyl groups is 4. The first-order valence-electron chi connectivity index (χ1n) is 17.3. The van der Waals surface area contributed by atoms with Gasteiger partial charge in [-0.05, 0) is 168 Å². The maximum atomic E-state index is 10.4. The second kappa shape index (κ2) is 9.14. The molecule has 0 radical (unpaired) electrons. The largest absolute Gasteiger partial charge is 0.385 e. The lowest BCUT2D eigenvalue weighted by Gasteiger charge is -2.55. The van der Waals surface area contributed by atoms with Crippen molar-refractivity contribution in [2.75, 3.05) is 0 Å². The van der Waals surface area contributed by atoms with E-state index in [0.29, 0.717) is 11.8 Å². The Morgan fingerprint density at radius 1 is 0.370 bits per heavy atom. The fraction of sp³-hybridized carbons (Fsp3) is 0.571. The maximum Gasteiger partial charge on any atom is 0.0914 e. The summed E-state index contributed by atoms with van der Waals surface area (Å²) in [5, 5.41) is 41.2. The van der Waals surface area contributed by atoms with Crippen molar-refractivity contribution < 1.29 is 20.4 Å². The van der Waals surface area contributed by atoms with E-state index in [4.69, 9.17) is 0 Å². The van der Waals surface area contributed by atoms with E-state index in [-0.39, 0.29) is 5.41 Å². The zero-order chi connectivity index (χ0) is 33.9. The summed E-state index contributed by atoms with van der Waals surface area (Å²) >= 11 is 0. The molecule has 9 rings (SSSR count). The highest BCUT2D eigenvalue weighted by atomic mass is 16.3. The molecule has 0 saturated carbocycles. The standard InChI is InChI=1S/C16H20O2.C14H18O2.C12H16/c1-14(2)5-8-11(14)9-6-15(3,17)13(9)10-7-16(4,18)12(8)10;1-7-9-5-14(4,16)12(9)8(2)10-6-13(3,15)11(7)10;1-8-5-6-9(2)11-10(8)7-12(11,3)4/h17-18H,5-7H2,1-4H3;15-16H,5-6H2,1-4H3;5-6H,7H2,1-4H3. The molecule has 0 fully saturated rings. The van der Waals surface area contributed by atoms with E-state index in [1.54, 1.807) is 11.1 Å². The van der Waals surface area contributed by atoms with E-state index in [1.807, 2.05) is 27.7 Å². The molecule has 0 aromatic heterocycles. The Morgan fingerprint density at radius 2 is 0.696 bits per heavy atom. The van der Waals surface area contributed by atoms with Gasteiger partial charge in [-0.1, -0.05) is 39.8 Å². The van der Waals surface area contributed by atoms with Crippen molar-refractivity contribution in [2.45, 2.75) is 155 Å². The van der Waals surface area contributed by atoms with Crippen molar-refractivity contribution in [2.24, 2.45) is 0 Å². The van der Waals surface area contributed by atoms with Gasteiger partial charge in [-0.3, -0.25) is 0 Å². The Bertz CT molecular complexity index is 1710. The molecule has 4 nitrogen and oxygen atoms in total. The Kier molecular flexibility index (Phi) is 6.37. The first-order valence-corrected chi connectivity index (χ1v) is 17.3. The van der Waals surface area contributed by atoms with Gasteiger partial charge in [0.05, 0.1) is 22.4 Å². The monoisotopic (exact) mass is 622 g/mol. The quantitative estimate of drug-likeness (QED) is 0.217. The third-order valence-electron chi connectivity index (χ3n) is 12.7. The van der Waals surface area contributed by atoms with Gasteiger partial charge in [-0.25, -0.2) is 0 Å². The van der Waals surface area contributed by atoms with Crippen LogP contribution in [0.3, 0.4) is 0 Å². The van der Waals surface area contributed by atoms with Crippen molar-refractivity contribution in [3.8, 4) is 0 Å². The minimum Gasteiger partial charge on any atom is -0.385 e. The summed E-state index contributed by atoms with van der Waals surface area (Å²) in [5.41, 5.74) is 18.9. The SMILES string of the molecule is CC1(C)Cc2c1c1c(c3c2C(C)(O)C3)C(C)(O)C1.Cc1c2c(c(C)c3c1C(C)(O)C3)C(C)(O)C2.Cc1ccc(C)c2c1CC2(C)C. The normalized spacial score (nSPS) is 31.7. The van der Waals surface area contributed by atoms with Crippen LogP contribution in [0.5, 0.6) is 0 Å². The summed E-state index contributed by atoms with van der Waals surface area (Å²) in [5.74, 6) is 0. The van der Waals surface area contributed by atoms with Crippen molar-refractivity contribution in [3.63, 3.8) is 0 Å². The molecule has 46 heavy (non-hydrogen) atoms. The molecule has 0 spiro atoms. The summed E-state index contributed by atoms with van der Waals surface area (Å²) in [6, 6.07) is 4.48. The summed E-state index contributed by atoms with van der Waals surface area (Å²) in [6.45, 7) is 25.3. The second-order valence-electron chi connectivity index (χ2n) is 18.0. The molecule has 4 atom stereocenters. The molecule has 0 amide bonds. The Labute approximate surface area is 275 Å². The zero-order valence-corrected chi connectivity index (χ0v) is 30.2. The van der Waals surface area contributed by atoms with Crippen LogP contribution in [-0.4, -0.2) is 20.4 Å². The average Bonchev–Trinajstić information content (AvgIpc) is 2.85. The predicted molar refractivity (Wildman–Crippen MR) is 185 cm³/mol. The predicted octanol–water partition coefficient (Wildman–Crippen LogP) is 7.02. The Hall–Kier alpha value is -2.50. The minimum atomic E-state index is -0.670. The molecule has 6 aliphatic rings. The van der Waals surface area contributed by atoms with Crippen LogP contribution in [0.1, 0.15) is 144 Å². The van der Waals surface area contributed by atoms with Crippen LogP contribution < -0.4 is 0 Å². The van der Waals surface area contributed by atoms with Crippen LogP contribution in [0.4, 0.5) is 0 Å². The fourth-order valence-electron chi connectivity index (χ4n) is 10.8. The number of hydrogen-bond acceptors (Lipinski definition) is 4. The van der Waals surface area contributed by atoms with Gasteiger partial charge in [0.25, 0.3) is 0 Å². The maximum absolute atomic E-state index is 10.4. The van der Waals surface area contributed by atoms with Crippen LogP contribution in [0.15, 0.2) is 12.1 Å². The molecule has 6 aliphatic carbocycles. The third-order valence-corrected chi connectivity index (χ3v) is 12.7. The van der Waals surface area contributed by atoms with Crippen molar-refractivity contribution >= 4 is 0 Å². The minimum absolute atomic E-state index is 0.219. The molecule has 4 unspecified atom stereocenters. The Balaban J connectivity index is 0.000000113. The molecular formula is C42H54O4. The van der Waals surface area contributed by atoms with E-state index in [2.05, 4.69) is 67.5 Å². The molecule has 0 bridgehead atoms. The van der Waals surface area contributed by atoms with Crippen LogP contribution in [-0.2, 0) is 71.8 Å². The van der Waals surface area contributed by atoms with Crippen molar-refractivity contribution in [3.05, 3.63) is 101 Å². The highest BCUT2D eigenvalue weighted by Gasteiger charge is 2.55. The van der Waals surface area contributed by atoms with Gasteiger partial charge in [0.2, 0.25) is 0 Å². The number of aryl methyl sites for hydroxylation is 2. The summed E-state index contributed by atoms with van der Waals surface area (Å²) < 4.78 is 0. The van der Waals surface area contributed by atoms with Crippen LogP contribution in [0.2, 0.25) is 0 Å². The summed E-state index contributed by atoms with van der Waals surface area (Å²) in [4.78, 5) is 0. The average molecular weight is 623 g/mol. The van der Waals surface area contributed by atoms with Gasteiger partial charge in [0, 0.05) is 25.7 Å². The number of benzene rings is 3. The lowest BCUT2D eigenvalue weighted by molar-refractivity contribution is 0.00663. The summed E-state index contributed by atoms with van der Waals surface area (Å²) in [6.07, 6.45) is 5.25. The molecule has 4 N–H and O–H groups in total. The smallest absolute Gasteiger partial charge is 0.0914 e. The molecule has 4 heteroatoms. The molecule has 246 valence electrons. The number of hydrogen-bond donors (Lipinski definition) is 4. The molecule has 0 saturated heterocycles. The number of fused-ring (bicyclic) bond motifs is 9. The highest BCUT2D eigenvalue weighted by molar-refractivity contribution is 5.70. The van der Waals surface area contributed by atoms with Gasteiger partial charge in [-0.2, -0.15) is 0 Å².